The Kier molecular flexibility index (Phi) is 5.63. The van der Waals surface area contributed by atoms with E-state index in [9.17, 15) is 18.3 Å². The largest absolute Gasteiger partial charge is 0.507 e. The van der Waals surface area contributed by atoms with E-state index >= 15 is 0 Å². The number of nitrogens with zero attached hydrogens (tertiary/aromatic N) is 2. The van der Waals surface area contributed by atoms with E-state index in [0.717, 1.165) is 10.8 Å². The molecule has 0 atom stereocenters. The molecular formula is C21H18Cl2N2O4S. The Morgan fingerprint density at radius 2 is 1.43 bits per heavy atom. The summed E-state index contributed by atoms with van der Waals surface area (Å²) in [6, 6.07) is 15.2. The van der Waals surface area contributed by atoms with E-state index in [0.29, 0.717) is 0 Å². The molecule has 3 aromatic rings. The lowest BCUT2D eigenvalue weighted by Gasteiger charge is -2.34. The number of sulfonamides is 1. The van der Waals surface area contributed by atoms with E-state index in [1.54, 1.807) is 18.2 Å². The van der Waals surface area contributed by atoms with Crippen LogP contribution < -0.4 is 0 Å². The summed E-state index contributed by atoms with van der Waals surface area (Å²) < 4.78 is 27.2. The van der Waals surface area contributed by atoms with Crippen molar-refractivity contribution in [2.24, 2.45) is 0 Å². The number of hydrogen-bond acceptors (Lipinski definition) is 4. The minimum Gasteiger partial charge on any atom is -0.507 e. The van der Waals surface area contributed by atoms with Gasteiger partial charge in [0.15, 0.2) is 0 Å². The first-order chi connectivity index (χ1) is 14.3. The third kappa shape index (κ3) is 3.74. The fourth-order valence-corrected chi connectivity index (χ4v) is 6.07. The molecule has 3 aromatic carbocycles. The summed E-state index contributed by atoms with van der Waals surface area (Å²) >= 11 is 12.1. The van der Waals surface area contributed by atoms with E-state index < -0.39 is 10.0 Å². The zero-order valence-electron chi connectivity index (χ0n) is 15.8. The van der Waals surface area contributed by atoms with E-state index in [2.05, 4.69) is 0 Å². The van der Waals surface area contributed by atoms with Gasteiger partial charge in [-0.1, -0.05) is 53.5 Å². The molecule has 6 nitrogen and oxygen atoms in total. The van der Waals surface area contributed by atoms with Gasteiger partial charge in [0, 0.05) is 26.2 Å². The molecule has 1 aliphatic rings. The summed E-state index contributed by atoms with van der Waals surface area (Å²) in [5.41, 5.74) is 0.194. The molecular weight excluding hydrogens is 447 g/mol. The molecule has 0 saturated carbocycles. The Morgan fingerprint density at radius 1 is 0.867 bits per heavy atom. The molecule has 1 N–H and O–H groups in total. The molecule has 1 saturated heterocycles. The highest BCUT2D eigenvalue weighted by atomic mass is 35.5. The van der Waals surface area contributed by atoms with Gasteiger partial charge in [0.05, 0.1) is 15.6 Å². The third-order valence-corrected chi connectivity index (χ3v) is 7.99. The smallest absolute Gasteiger partial charge is 0.257 e. The molecule has 0 spiro atoms. The molecule has 30 heavy (non-hydrogen) atoms. The molecule has 9 heteroatoms. The van der Waals surface area contributed by atoms with Gasteiger partial charge in [0.2, 0.25) is 10.0 Å². The second-order valence-electron chi connectivity index (χ2n) is 6.96. The van der Waals surface area contributed by atoms with Gasteiger partial charge in [-0.25, -0.2) is 8.42 Å². The number of hydrogen-bond donors (Lipinski definition) is 1. The average molecular weight is 465 g/mol. The second-order valence-corrected chi connectivity index (χ2v) is 9.65. The summed E-state index contributed by atoms with van der Waals surface area (Å²) in [5, 5.41) is 12.1. The predicted molar refractivity (Wildman–Crippen MR) is 117 cm³/mol. The third-order valence-electron chi connectivity index (χ3n) is 5.14. The van der Waals surface area contributed by atoms with Crippen molar-refractivity contribution in [2.45, 2.75) is 4.90 Å². The summed E-state index contributed by atoms with van der Waals surface area (Å²) in [7, 11) is -3.89. The summed E-state index contributed by atoms with van der Waals surface area (Å²) in [5.74, 6) is -0.442. The van der Waals surface area contributed by atoms with Crippen molar-refractivity contribution in [1.29, 1.82) is 0 Å². The SMILES string of the molecule is O=C(c1cc2ccccc2cc1O)N1CCN(S(=O)(=O)c2c(Cl)cccc2Cl)CC1. The summed E-state index contributed by atoms with van der Waals surface area (Å²) in [6.07, 6.45) is 0. The second kappa shape index (κ2) is 8.07. The number of piperazine rings is 1. The van der Waals surface area contributed by atoms with Gasteiger partial charge in [-0.3, -0.25) is 4.79 Å². The number of benzene rings is 3. The minimum absolute atomic E-state index is 0.0575. The Labute approximate surface area is 184 Å². The van der Waals surface area contributed by atoms with Crippen LogP contribution in [0.15, 0.2) is 59.5 Å². The van der Waals surface area contributed by atoms with Crippen LogP contribution in [-0.2, 0) is 10.0 Å². The molecule has 1 aliphatic heterocycles. The summed E-state index contributed by atoms with van der Waals surface area (Å²) in [4.78, 5) is 14.4. The average Bonchev–Trinajstić information content (AvgIpc) is 2.72. The number of phenols is 1. The predicted octanol–water partition coefficient (Wildman–Crippen LogP) is 4.00. The fraction of sp³-hybridized carbons (Fsp3) is 0.190. The highest BCUT2D eigenvalue weighted by molar-refractivity contribution is 7.89. The van der Waals surface area contributed by atoms with Crippen LogP contribution in [0, 0.1) is 0 Å². The zero-order valence-corrected chi connectivity index (χ0v) is 18.1. The molecule has 0 bridgehead atoms. The quantitative estimate of drug-likeness (QED) is 0.635. The standard InChI is InChI=1S/C21H18Cl2N2O4S/c22-17-6-3-7-18(23)20(17)30(28,29)25-10-8-24(9-11-25)21(27)16-12-14-4-1-2-5-15(14)13-19(16)26/h1-7,12-13,26H,8-11H2. The molecule has 0 unspecified atom stereocenters. The molecule has 0 radical (unpaired) electrons. The normalized spacial score (nSPS) is 15.5. The van der Waals surface area contributed by atoms with Crippen LogP contribution in [0.1, 0.15) is 10.4 Å². The van der Waals surface area contributed by atoms with Gasteiger partial charge in [0.1, 0.15) is 10.6 Å². The molecule has 156 valence electrons. The first-order valence-electron chi connectivity index (χ1n) is 9.24. The lowest BCUT2D eigenvalue weighted by Crippen LogP contribution is -2.50. The highest BCUT2D eigenvalue weighted by Gasteiger charge is 2.33. The van der Waals surface area contributed by atoms with Gasteiger partial charge in [0.25, 0.3) is 5.91 Å². The van der Waals surface area contributed by atoms with Crippen LogP contribution in [0.2, 0.25) is 10.0 Å². The molecule has 0 aromatic heterocycles. The number of carbonyl (C=O) groups is 1. The number of phenolic OH excluding ortho intramolecular Hbond substituents is 1. The maximum Gasteiger partial charge on any atom is 0.257 e. The van der Waals surface area contributed by atoms with E-state index in [-0.39, 0.29) is 58.3 Å². The topological polar surface area (TPSA) is 77.9 Å². The van der Waals surface area contributed by atoms with Gasteiger partial charge in [-0.15, -0.1) is 0 Å². The van der Waals surface area contributed by atoms with Crippen LogP contribution in [0.4, 0.5) is 0 Å². The van der Waals surface area contributed by atoms with E-state index in [4.69, 9.17) is 23.2 Å². The Balaban J connectivity index is 1.54. The summed E-state index contributed by atoms with van der Waals surface area (Å²) in [6.45, 7) is 0.576. The first-order valence-corrected chi connectivity index (χ1v) is 11.4. The highest BCUT2D eigenvalue weighted by Crippen LogP contribution is 2.32. The van der Waals surface area contributed by atoms with Crippen LogP contribution in [-0.4, -0.2) is 54.8 Å². The number of aromatic hydroxyl groups is 1. The van der Waals surface area contributed by atoms with Gasteiger partial charge in [-0.2, -0.15) is 4.31 Å². The number of amides is 1. The van der Waals surface area contributed by atoms with Crippen LogP contribution in [0.25, 0.3) is 10.8 Å². The molecule has 4 rings (SSSR count). The fourth-order valence-electron chi connectivity index (χ4n) is 3.56. The van der Waals surface area contributed by atoms with Crippen molar-refractivity contribution in [3.8, 4) is 5.75 Å². The van der Waals surface area contributed by atoms with Crippen LogP contribution >= 0.6 is 23.2 Å². The van der Waals surface area contributed by atoms with Gasteiger partial charge >= 0.3 is 0 Å². The van der Waals surface area contributed by atoms with E-state index in [1.165, 1.54) is 21.3 Å². The number of halogens is 2. The Morgan fingerprint density at radius 3 is 2.03 bits per heavy atom. The van der Waals surface area contributed by atoms with E-state index in [1.807, 2.05) is 24.3 Å². The number of rotatable bonds is 3. The molecule has 1 heterocycles. The van der Waals surface area contributed by atoms with Crippen molar-refractivity contribution >= 4 is 49.9 Å². The molecule has 1 amide bonds. The number of carbonyl (C=O) groups excluding carboxylic acids is 1. The van der Waals surface area contributed by atoms with Crippen molar-refractivity contribution in [2.75, 3.05) is 26.2 Å². The molecule has 0 aliphatic carbocycles. The van der Waals surface area contributed by atoms with Crippen molar-refractivity contribution < 1.29 is 18.3 Å². The van der Waals surface area contributed by atoms with Gasteiger partial charge in [-0.05, 0) is 35.0 Å². The van der Waals surface area contributed by atoms with Crippen LogP contribution in [0.3, 0.4) is 0 Å². The zero-order chi connectivity index (χ0) is 21.5. The monoisotopic (exact) mass is 464 g/mol. The lowest BCUT2D eigenvalue weighted by atomic mass is 10.0. The first kappa shape index (κ1) is 20.9. The lowest BCUT2D eigenvalue weighted by molar-refractivity contribution is 0.0695. The minimum atomic E-state index is -3.89. The van der Waals surface area contributed by atoms with Crippen molar-refractivity contribution in [3.63, 3.8) is 0 Å². The Hall–Kier alpha value is -2.32. The maximum absolute atomic E-state index is 13.0. The van der Waals surface area contributed by atoms with Crippen LogP contribution in [0.5, 0.6) is 5.75 Å². The van der Waals surface area contributed by atoms with Gasteiger partial charge < -0.3 is 10.0 Å². The maximum atomic E-state index is 13.0. The Bertz CT molecular complexity index is 1220. The van der Waals surface area contributed by atoms with Crippen molar-refractivity contribution in [1.82, 2.24) is 9.21 Å². The van der Waals surface area contributed by atoms with Crippen molar-refractivity contribution in [3.05, 3.63) is 70.2 Å². The number of fused-ring (bicyclic) bond motifs is 1. The molecule has 1 fully saturated rings.